The van der Waals surface area contributed by atoms with E-state index in [9.17, 15) is 14.7 Å². The Hall–Kier alpha value is -4.86. The lowest BCUT2D eigenvalue weighted by Gasteiger charge is -2.08. The van der Waals surface area contributed by atoms with E-state index in [1.54, 1.807) is 19.1 Å². The fraction of sp³-hybridized carbons (Fsp3) is 0.214. The lowest BCUT2D eigenvalue weighted by molar-refractivity contribution is -0.116. The number of carbonyl (C=O) groups is 2. The van der Waals surface area contributed by atoms with Gasteiger partial charge < -0.3 is 31.4 Å². The van der Waals surface area contributed by atoms with Crippen LogP contribution < -0.4 is 26.9 Å². The van der Waals surface area contributed by atoms with Gasteiger partial charge in [-0.1, -0.05) is 43.3 Å². The van der Waals surface area contributed by atoms with E-state index in [0.29, 0.717) is 58.3 Å². The van der Waals surface area contributed by atoms with Crippen LogP contribution in [0.15, 0.2) is 58.8 Å². The van der Waals surface area contributed by atoms with Gasteiger partial charge in [-0.15, -0.1) is 5.11 Å². The van der Waals surface area contributed by atoms with Crippen LogP contribution in [0.4, 0.5) is 17.1 Å². The Bertz CT molecular complexity index is 1600. The number of nitrogen functional groups attached to an aromatic ring is 1. The van der Waals surface area contributed by atoms with Gasteiger partial charge in [-0.3, -0.25) is 9.59 Å². The van der Waals surface area contributed by atoms with E-state index in [4.69, 9.17) is 5.73 Å². The van der Waals surface area contributed by atoms with Gasteiger partial charge in [-0.25, -0.2) is 0 Å². The molecule has 2 amide bonds. The molecule has 0 saturated heterocycles. The average molecular weight is 514 g/mol. The highest BCUT2D eigenvalue weighted by atomic mass is 16.3. The summed E-state index contributed by atoms with van der Waals surface area (Å²) < 4.78 is 0. The molecule has 0 aliphatic heterocycles. The molecule has 0 atom stereocenters. The van der Waals surface area contributed by atoms with E-state index >= 15 is 0 Å². The summed E-state index contributed by atoms with van der Waals surface area (Å²) in [7, 11) is 0. The molecule has 4 rings (SSSR count). The number of carbonyl (C=O) groups excluding carboxylic acids is 2. The summed E-state index contributed by atoms with van der Waals surface area (Å²) in [5, 5.41) is 25.9. The summed E-state index contributed by atoms with van der Waals surface area (Å²) in [4.78, 5) is 30.9. The Morgan fingerprint density at radius 1 is 1.08 bits per heavy atom. The van der Waals surface area contributed by atoms with Crippen molar-refractivity contribution in [1.82, 2.24) is 15.3 Å². The van der Waals surface area contributed by atoms with Crippen LogP contribution >= 0.6 is 0 Å². The lowest BCUT2D eigenvalue weighted by atomic mass is 10.1. The first-order valence-electron chi connectivity index (χ1n) is 12.4. The number of hydrogen-bond acceptors (Lipinski definition) is 6. The van der Waals surface area contributed by atoms with Gasteiger partial charge in [0.15, 0.2) is 5.69 Å². The van der Waals surface area contributed by atoms with Gasteiger partial charge in [0.25, 0.3) is 5.91 Å². The number of rotatable bonds is 10. The zero-order valence-corrected chi connectivity index (χ0v) is 21.2. The number of nitrogens with one attached hydrogen (secondary N) is 4. The average Bonchev–Trinajstić information content (AvgIpc) is 3.36. The minimum absolute atomic E-state index is 0.0672. The van der Waals surface area contributed by atoms with Crippen LogP contribution in [0, 0.1) is 6.92 Å². The molecule has 7 N–H and O–H groups in total. The molecule has 2 heterocycles. The van der Waals surface area contributed by atoms with E-state index < -0.39 is 0 Å². The number of aryl methyl sites for hydroxylation is 1. The fourth-order valence-electron chi connectivity index (χ4n) is 4.18. The van der Waals surface area contributed by atoms with E-state index in [1.807, 2.05) is 36.4 Å². The standard InChI is InChI=1S/C28H31N7O3/c1-17-23(16-31-35-26-19-10-5-7-12-21(19)34-28(26)38)32-18(2)25(17)27(37)30-15-9-3-4-14-24(36)33-22-13-8-6-11-20(22)29/h5-8,10-13,16,32,34,38H,1,3-4,9,14-15,29H2,2H3,(H,30,37)(H,33,36). The van der Waals surface area contributed by atoms with E-state index in [1.165, 1.54) is 6.20 Å². The molecule has 2 aromatic heterocycles. The third-order valence-corrected chi connectivity index (χ3v) is 6.16. The van der Waals surface area contributed by atoms with Crippen molar-refractivity contribution in [3.8, 4) is 5.88 Å². The first kappa shape index (κ1) is 26.2. The van der Waals surface area contributed by atoms with Crippen molar-refractivity contribution in [2.45, 2.75) is 32.6 Å². The van der Waals surface area contributed by atoms with Gasteiger partial charge in [0, 0.05) is 29.3 Å². The number of nitrogens with zero attached hydrogens (tertiary/aromatic N) is 2. The lowest BCUT2D eigenvalue weighted by Crippen LogP contribution is -2.32. The van der Waals surface area contributed by atoms with Crippen LogP contribution in [0.2, 0.25) is 0 Å². The van der Waals surface area contributed by atoms with Crippen molar-refractivity contribution in [1.29, 1.82) is 0 Å². The number of aromatic nitrogens is 2. The minimum atomic E-state index is -0.230. The molecule has 2 aromatic carbocycles. The number of unbranched alkanes of at least 4 members (excludes halogenated alkanes) is 2. The number of hydrogen-bond donors (Lipinski definition) is 6. The molecule has 38 heavy (non-hydrogen) atoms. The van der Waals surface area contributed by atoms with Crippen molar-refractivity contribution in [3.05, 3.63) is 70.4 Å². The highest BCUT2D eigenvalue weighted by molar-refractivity contribution is 5.96. The molecule has 10 heteroatoms. The first-order valence-corrected chi connectivity index (χ1v) is 12.4. The van der Waals surface area contributed by atoms with Gasteiger partial charge in [-0.2, -0.15) is 5.11 Å². The highest BCUT2D eigenvalue weighted by Gasteiger charge is 2.13. The predicted octanol–water partition coefficient (Wildman–Crippen LogP) is 3.95. The van der Waals surface area contributed by atoms with Crippen LogP contribution in [0.1, 0.15) is 41.7 Å². The monoisotopic (exact) mass is 513 g/mol. The molecule has 0 unspecified atom stereocenters. The summed E-state index contributed by atoms with van der Waals surface area (Å²) in [5.74, 6) is -0.383. The van der Waals surface area contributed by atoms with Crippen LogP contribution in [0.25, 0.3) is 23.7 Å². The zero-order valence-electron chi connectivity index (χ0n) is 21.2. The topological polar surface area (TPSA) is 161 Å². The van der Waals surface area contributed by atoms with E-state index in [-0.39, 0.29) is 17.7 Å². The van der Waals surface area contributed by atoms with Gasteiger partial charge in [0.1, 0.15) is 0 Å². The SMILES string of the molecule is C=c1c(C(=O)NCCCCCC(=O)Nc2ccccc2N)c(C)[nH]c1=CN=Nc1c(O)[nH]c2ccccc12. The Morgan fingerprint density at radius 3 is 2.66 bits per heavy atom. The van der Waals surface area contributed by atoms with Crippen LogP contribution in [-0.4, -0.2) is 33.4 Å². The van der Waals surface area contributed by atoms with Crippen molar-refractivity contribution in [2.24, 2.45) is 10.2 Å². The Kier molecular flexibility index (Phi) is 8.22. The largest absolute Gasteiger partial charge is 0.493 e. The van der Waals surface area contributed by atoms with Crippen molar-refractivity contribution in [3.63, 3.8) is 0 Å². The van der Waals surface area contributed by atoms with Crippen LogP contribution in [0.3, 0.4) is 0 Å². The molecular formula is C28H31N7O3. The van der Waals surface area contributed by atoms with Crippen molar-refractivity contribution < 1.29 is 14.7 Å². The maximum absolute atomic E-state index is 12.8. The van der Waals surface area contributed by atoms with E-state index in [2.05, 4.69) is 37.4 Å². The van der Waals surface area contributed by atoms with Gasteiger partial charge in [0.2, 0.25) is 11.8 Å². The maximum Gasteiger partial charge on any atom is 0.253 e. The fourth-order valence-corrected chi connectivity index (χ4v) is 4.18. The number of azo groups is 1. The number of para-hydroxylation sites is 3. The second-order valence-corrected chi connectivity index (χ2v) is 8.93. The number of anilines is 2. The molecular weight excluding hydrogens is 482 g/mol. The normalized spacial score (nSPS) is 11.9. The zero-order chi connectivity index (χ0) is 27.1. The summed E-state index contributed by atoms with van der Waals surface area (Å²) >= 11 is 0. The van der Waals surface area contributed by atoms with Gasteiger partial charge >= 0.3 is 0 Å². The predicted molar refractivity (Wildman–Crippen MR) is 150 cm³/mol. The Labute approximate surface area is 219 Å². The second kappa shape index (κ2) is 11.9. The van der Waals surface area contributed by atoms with Crippen molar-refractivity contribution in [2.75, 3.05) is 17.6 Å². The van der Waals surface area contributed by atoms with Crippen molar-refractivity contribution >= 4 is 52.6 Å². The number of aromatic hydroxyl groups is 1. The Balaban J connectivity index is 1.27. The van der Waals surface area contributed by atoms with E-state index in [0.717, 1.165) is 23.7 Å². The highest BCUT2D eigenvalue weighted by Crippen LogP contribution is 2.35. The second-order valence-electron chi connectivity index (χ2n) is 8.93. The number of fused-ring (bicyclic) bond motifs is 1. The van der Waals surface area contributed by atoms with Crippen LogP contribution in [-0.2, 0) is 4.79 Å². The minimum Gasteiger partial charge on any atom is -0.493 e. The molecule has 10 nitrogen and oxygen atoms in total. The molecule has 0 aliphatic carbocycles. The molecule has 0 spiro atoms. The summed E-state index contributed by atoms with van der Waals surface area (Å²) in [6, 6.07) is 14.5. The summed E-state index contributed by atoms with van der Waals surface area (Å²) in [6.07, 6.45) is 4.09. The van der Waals surface area contributed by atoms with Crippen LogP contribution in [0.5, 0.6) is 5.88 Å². The Morgan fingerprint density at radius 2 is 1.84 bits per heavy atom. The van der Waals surface area contributed by atoms with Gasteiger partial charge in [-0.05, 0) is 38.0 Å². The van der Waals surface area contributed by atoms with Gasteiger partial charge in [0.05, 0.1) is 34.0 Å². The molecule has 0 saturated carbocycles. The number of nitrogens with two attached hydrogens (primary N) is 1. The molecule has 196 valence electrons. The smallest absolute Gasteiger partial charge is 0.253 e. The molecule has 4 aromatic rings. The maximum atomic E-state index is 12.8. The first-order chi connectivity index (χ1) is 18.3. The number of H-pyrrole nitrogens is 2. The molecule has 0 bridgehead atoms. The number of amides is 2. The molecule has 0 radical (unpaired) electrons. The number of benzene rings is 2. The molecule has 0 fully saturated rings. The molecule has 0 aliphatic rings. The third-order valence-electron chi connectivity index (χ3n) is 6.16. The quantitative estimate of drug-likeness (QED) is 0.108. The summed E-state index contributed by atoms with van der Waals surface area (Å²) in [5.41, 5.74) is 9.22. The number of aromatic amines is 2. The summed E-state index contributed by atoms with van der Waals surface area (Å²) in [6.45, 7) is 6.30. The third kappa shape index (κ3) is 6.09.